The average molecular weight is 420 g/mol. The van der Waals surface area contributed by atoms with Crippen molar-refractivity contribution in [1.29, 1.82) is 0 Å². The summed E-state index contributed by atoms with van der Waals surface area (Å²) in [5, 5.41) is 0. The maximum absolute atomic E-state index is 12.8. The Morgan fingerprint density at radius 2 is 1.04 bits per heavy atom. The van der Waals surface area contributed by atoms with E-state index in [1.54, 1.807) is 0 Å². The lowest BCUT2D eigenvalue weighted by atomic mass is 9.95. The van der Waals surface area contributed by atoms with E-state index < -0.39 is 54.1 Å². The van der Waals surface area contributed by atoms with Gasteiger partial charge in [-0.25, -0.2) is 8.78 Å². The van der Waals surface area contributed by atoms with Crippen LogP contribution in [-0.2, 0) is 4.18 Å². The lowest BCUT2D eigenvalue weighted by Crippen LogP contribution is -2.69. The summed E-state index contributed by atoms with van der Waals surface area (Å²) in [5.41, 5.74) is 0. The van der Waals surface area contributed by atoms with E-state index in [0.29, 0.717) is 0 Å². The summed E-state index contributed by atoms with van der Waals surface area (Å²) in [6, 6.07) is 0. The molecule has 0 saturated heterocycles. The van der Waals surface area contributed by atoms with Crippen molar-refractivity contribution < 1.29 is 68.5 Å². The van der Waals surface area contributed by atoms with Gasteiger partial charge in [-0.2, -0.15) is 43.9 Å². The molecule has 0 N–H and O–H groups in total. The molecular formula is C7H3F15OS. The zero-order valence-electron chi connectivity index (χ0n) is 10.3. The largest absolute Gasteiger partial charge is 0.384 e. The van der Waals surface area contributed by atoms with Crippen LogP contribution in [0.3, 0.4) is 0 Å². The molecule has 0 aliphatic carbocycles. The summed E-state index contributed by atoms with van der Waals surface area (Å²) in [6.45, 7) is -3.63. The molecule has 0 aliphatic rings. The van der Waals surface area contributed by atoms with Crippen molar-refractivity contribution in [2.24, 2.45) is 0 Å². The van der Waals surface area contributed by atoms with Gasteiger partial charge in [-0.15, -0.1) is 0 Å². The van der Waals surface area contributed by atoms with Crippen LogP contribution in [0, 0.1) is 0 Å². The van der Waals surface area contributed by atoms with Crippen LogP contribution >= 0.6 is 11.5 Å². The molecule has 0 fully saturated rings. The average Bonchev–Trinajstić information content (AvgIpc) is 2.34. The topological polar surface area (TPSA) is 9.23 Å². The Bertz CT molecular complexity index is 440. The summed E-state index contributed by atoms with van der Waals surface area (Å²) >= 11 is -6.95. The quantitative estimate of drug-likeness (QED) is 0.450. The van der Waals surface area contributed by atoms with Gasteiger partial charge in [-0.1, -0.05) is 11.7 Å². The van der Waals surface area contributed by atoms with Crippen molar-refractivity contribution >= 4 is 11.5 Å². The van der Waals surface area contributed by atoms with Gasteiger partial charge in [0.25, 0.3) is 0 Å². The molecule has 0 aromatic carbocycles. The minimum Gasteiger partial charge on any atom is -0.254 e. The fourth-order valence-corrected chi connectivity index (χ4v) is 1.29. The number of hydrogen-bond donors (Lipinski definition) is 0. The van der Waals surface area contributed by atoms with E-state index in [9.17, 15) is 64.3 Å². The van der Waals surface area contributed by atoms with Crippen LogP contribution in [0.1, 0.15) is 0 Å². The minimum absolute atomic E-state index is 2.16. The normalized spacial score (nSPS) is 16.7. The van der Waals surface area contributed by atoms with Crippen molar-refractivity contribution in [3.63, 3.8) is 0 Å². The van der Waals surface area contributed by atoms with Gasteiger partial charge in [0.2, 0.25) is 0 Å². The van der Waals surface area contributed by atoms with Gasteiger partial charge in [0, 0.05) is 0 Å². The predicted octanol–water partition coefficient (Wildman–Crippen LogP) is 5.82. The third-order valence-electron chi connectivity index (χ3n) is 2.31. The monoisotopic (exact) mass is 420 g/mol. The maximum Gasteiger partial charge on any atom is 0.384 e. The SMILES string of the molecule is FC(F)C(F)(F)C(F)(F)C(F)(F)C(F)(F)C(F)(F)COS(F)(F)F. The molecule has 148 valence electrons. The van der Waals surface area contributed by atoms with Crippen LogP contribution in [-0.4, -0.2) is 42.6 Å². The molecule has 0 aromatic rings. The zero-order chi connectivity index (χ0) is 20.0. The number of halogens is 15. The van der Waals surface area contributed by atoms with Gasteiger partial charge in [0.1, 0.15) is 6.61 Å². The van der Waals surface area contributed by atoms with Gasteiger partial charge in [0.15, 0.2) is 0 Å². The van der Waals surface area contributed by atoms with Crippen molar-refractivity contribution in [3.05, 3.63) is 0 Å². The van der Waals surface area contributed by atoms with Gasteiger partial charge < -0.3 is 0 Å². The molecule has 0 saturated carbocycles. The second kappa shape index (κ2) is 6.21. The third kappa shape index (κ3) is 3.75. The van der Waals surface area contributed by atoms with E-state index in [0.717, 1.165) is 0 Å². The van der Waals surface area contributed by atoms with E-state index in [4.69, 9.17) is 0 Å². The molecule has 0 amide bonds. The first-order valence-corrected chi connectivity index (χ1v) is 6.15. The second-order valence-corrected chi connectivity index (χ2v) is 4.94. The van der Waals surface area contributed by atoms with E-state index >= 15 is 0 Å². The Kier molecular flexibility index (Phi) is 6.02. The highest BCUT2D eigenvalue weighted by atomic mass is 32.4. The molecule has 0 unspecified atom stereocenters. The first-order chi connectivity index (χ1) is 10.2. The molecule has 1 nitrogen and oxygen atoms in total. The van der Waals surface area contributed by atoms with Crippen LogP contribution in [0.5, 0.6) is 0 Å². The molecule has 0 atom stereocenters. The molecule has 0 rings (SSSR count). The Balaban J connectivity index is 5.89. The van der Waals surface area contributed by atoms with Gasteiger partial charge in [-0.05, 0) is 0 Å². The van der Waals surface area contributed by atoms with Gasteiger partial charge in [0.05, 0.1) is 0 Å². The molecule has 0 radical (unpaired) electrons. The summed E-state index contributed by atoms with van der Waals surface area (Å²) in [5.74, 6) is -37.2. The number of alkyl halides is 12. The lowest BCUT2D eigenvalue weighted by Gasteiger charge is -2.39. The Hall–Kier alpha value is -0.740. The molecule has 17 heteroatoms. The summed E-state index contributed by atoms with van der Waals surface area (Å²) in [4.78, 5) is 0. The second-order valence-electron chi connectivity index (χ2n) is 3.98. The number of rotatable bonds is 8. The summed E-state index contributed by atoms with van der Waals surface area (Å²) < 4.78 is 187. The molecule has 0 aliphatic heterocycles. The smallest absolute Gasteiger partial charge is 0.254 e. The highest BCUT2D eigenvalue weighted by Crippen LogP contribution is 2.60. The fraction of sp³-hybridized carbons (Fsp3) is 1.00. The first-order valence-electron chi connectivity index (χ1n) is 4.89. The first kappa shape index (κ1) is 23.3. The zero-order valence-corrected chi connectivity index (χ0v) is 11.1. The molecule has 0 aromatic heterocycles. The maximum atomic E-state index is 12.8. The predicted molar refractivity (Wildman–Crippen MR) is 47.6 cm³/mol. The molecule has 0 heterocycles. The minimum atomic E-state index is -7.87. The third-order valence-corrected chi connectivity index (χ3v) is 2.70. The highest BCUT2D eigenvalue weighted by Gasteiger charge is 2.87. The van der Waals surface area contributed by atoms with E-state index in [1.165, 1.54) is 0 Å². The van der Waals surface area contributed by atoms with Crippen LogP contribution in [0.15, 0.2) is 0 Å². The molecule has 24 heavy (non-hydrogen) atoms. The molecular weight excluding hydrogens is 417 g/mol. The van der Waals surface area contributed by atoms with Gasteiger partial charge >= 0.3 is 47.5 Å². The Morgan fingerprint density at radius 3 is 1.33 bits per heavy atom. The van der Waals surface area contributed by atoms with E-state index in [2.05, 4.69) is 4.18 Å². The van der Waals surface area contributed by atoms with Crippen molar-refractivity contribution in [2.45, 2.75) is 36.0 Å². The Labute approximate surface area is 124 Å². The van der Waals surface area contributed by atoms with Crippen molar-refractivity contribution in [2.75, 3.05) is 6.61 Å². The van der Waals surface area contributed by atoms with Crippen molar-refractivity contribution in [1.82, 2.24) is 0 Å². The standard InChI is InChI=1S/C7H3F15OS/c8-2(9)4(12,13)6(16,17)7(18,19)5(14,15)3(10,11)1-23-24(20,21)22/h2H,1H2. The molecule has 0 bridgehead atoms. The number of hydrogen-bond acceptors (Lipinski definition) is 1. The summed E-state index contributed by atoms with van der Waals surface area (Å²) in [6.07, 6.45) is -5.68. The van der Waals surface area contributed by atoms with Crippen LogP contribution < -0.4 is 0 Å². The van der Waals surface area contributed by atoms with Gasteiger partial charge in [-0.3, -0.25) is 4.18 Å². The summed E-state index contributed by atoms with van der Waals surface area (Å²) in [7, 11) is 0. The lowest BCUT2D eigenvalue weighted by molar-refractivity contribution is -0.414. The van der Waals surface area contributed by atoms with Crippen molar-refractivity contribution in [3.8, 4) is 0 Å². The fourth-order valence-electron chi connectivity index (χ4n) is 1.00. The Morgan fingerprint density at radius 1 is 0.667 bits per heavy atom. The van der Waals surface area contributed by atoms with E-state index in [1.807, 2.05) is 0 Å². The van der Waals surface area contributed by atoms with Crippen LogP contribution in [0.2, 0.25) is 0 Å². The molecule has 0 spiro atoms. The van der Waals surface area contributed by atoms with Crippen LogP contribution in [0.25, 0.3) is 0 Å². The highest BCUT2D eigenvalue weighted by molar-refractivity contribution is 8.16. The van der Waals surface area contributed by atoms with E-state index in [-0.39, 0.29) is 0 Å². The van der Waals surface area contributed by atoms with Crippen LogP contribution in [0.4, 0.5) is 64.3 Å².